The van der Waals surface area contributed by atoms with E-state index in [0.29, 0.717) is 0 Å². The first-order valence-corrected chi connectivity index (χ1v) is 6.84. The van der Waals surface area contributed by atoms with E-state index in [9.17, 15) is 4.79 Å². The highest BCUT2D eigenvalue weighted by atomic mass is 16.5. The van der Waals surface area contributed by atoms with Crippen LogP contribution in [-0.2, 0) is 4.79 Å². The number of aliphatic carboxylic acids is 1. The van der Waals surface area contributed by atoms with Crippen molar-refractivity contribution in [2.75, 3.05) is 7.11 Å². The number of aromatic nitrogens is 1. The largest absolute Gasteiger partial charge is 0.497 e. The molecule has 4 heteroatoms. The summed E-state index contributed by atoms with van der Waals surface area (Å²) < 4.78 is 5.17. The lowest BCUT2D eigenvalue weighted by molar-refractivity contribution is -0.136. The van der Waals surface area contributed by atoms with E-state index in [2.05, 4.69) is 4.98 Å². The Morgan fingerprint density at radius 2 is 2.00 bits per heavy atom. The fraction of sp³-hybridized carbons (Fsp3) is 0.111. The molecule has 1 heterocycles. The van der Waals surface area contributed by atoms with Crippen molar-refractivity contribution in [3.8, 4) is 5.75 Å². The fourth-order valence-electron chi connectivity index (χ4n) is 1.98. The van der Waals surface area contributed by atoms with Crippen molar-refractivity contribution in [3.63, 3.8) is 0 Å². The maximum Gasteiger partial charge on any atom is 0.307 e. The molecule has 0 radical (unpaired) electrons. The Bertz CT molecular complexity index is 673. The summed E-state index contributed by atoms with van der Waals surface area (Å²) in [7, 11) is 1.63. The number of benzene rings is 1. The second-order valence-corrected chi connectivity index (χ2v) is 4.58. The number of carbonyl (C=O) groups is 1. The SMILES string of the molecule is COc1ccc(/C(=C\C=C\CC(=O)O)c2cccnc2)cc1. The fourth-order valence-corrected chi connectivity index (χ4v) is 1.98. The summed E-state index contributed by atoms with van der Waals surface area (Å²) in [6.07, 6.45) is 8.75. The van der Waals surface area contributed by atoms with Gasteiger partial charge in [0.05, 0.1) is 13.5 Å². The Balaban J connectivity index is 2.34. The number of carboxylic acids is 1. The standard InChI is InChI=1S/C18H17NO3/c1-22-16-10-8-14(9-11-16)17(6-2-3-7-18(20)21)15-5-4-12-19-13-15/h2-6,8-13H,7H2,1H3,(H,20,21)/b3-2+,17-6+. The van der Waals surface area contributed by atoms with Gasteiger partial charge in [-0.15, -0.1) is 0 Å². The van der Waals surface area contributed by atoms with Crippen LogP contribution < -0.4 is 4.74 Å². The van der Waals surface area contributed by atoms with Crippen molar-refractivity contribution in [3.05, 3.63) is 78.1 Å². The molecule has 1 N–H and O–H groups in total. The first-order valence-electron chi connectivity index (χ1n) is 6.84. The van der Waals surface area contributed by atoms with Gasteiger partial charge >= 0.3 is 5.97 Å². The zero-order valence-corrected chi connectivity index (χ0v) is 12.3. The highest BCUT2D eigenvalue weighted by Crippen LogP contribution is 2.24. The average Bonchev–Trinajstić information content (AvgIpc) is 2.56. The topological polar surface area (TPSA) is 59.4 Å². The molecule has 112 valence electrons. The van der Waals surface area contributed by atoms with Crippen molar-refractivity contribution in [2.45, 2.75) is 6.42 Å². The van der Waals surface area contributed by atoms with Crippen LogP contribution in [-0.4, -0.2) is 23.2 Å². The maximum absolute atomic E-state index is 10.6. The molecule has 2 aromatic rings. The molecule has 0 aliphatic rings. The van der Waals surface area contributed by atoms with E-state index in [1.807, 2.05) is 42.5 Å². The van der Waals surface area contributed by atoms with Crippen LogP contribution >= 0.6 is 0 Å². The highest BCUT2D eigenvalue weighted by molar-refractivity contribution is 5.80. The molecule has 0 saturated heterocycles. The van der Waals surface area contributed by atoms with E-state index >= 15 is 0 Å². The van der Waals surface area contributed by atoms with Crippen LogP contribution in [0.4, 0.5) is 0 Å². The average molecular weight is 295 g/mol. The molecule has 0 amide bonds. The molecule has 1 aromatic heterocycles. The number of carboxylic acid groups (broad SMARTS) is 1. The van der Waals surface area contributed by atoms with Crippen molar-refractivity contribution in [2.24, 2.45) is 0 Å². The van der Waals surface area contributed by atoms with Gasteiger partial charge in [-0.3, -0.25) is 9.78 Å². The number of rotatable bonds is 6. The summed E-state index contributed by atoms with van der Waals surface area (Å²) in [5, 5.41) is 8.67. The van der Waals surface area contributed by atoms with E-state index in [1.165, 1.54) is 0 Å². The van der Waals surface area contributed by atoms with Gasteiger partial charge in [0.15, 0.2) is 0 Å². The Kier molecular flexibility index (Phi) is 5.49. The predicted octanol–water partition coefficient (Wildman–Crippen LogP) is 3.55. The van der Waals surface area contributed by atoms with E-state index in [4.69, 9.17) is 9.84 Å². The zero-order valence-electron chi connectivity index (χ0n) is 12.3. The lowest BCUT2D eigenvalue weighted by Crippen LogP contribution is -1.91. The number of allylic oxidation sites excluding steroid dienone is 2. The summed E-state index contributed by atoms with van der Waals surface area (Å²) in [4.78, 5) is 14.7. The summed E-state index contributed by atoms with van der Waals surface area (Å²) in [5.74, 6) is -0.0623. The minimum Gasteiger partial charge on any atom is -0.497 e. The molecule has 0 fully saturated rings. The monoisotopic (exact) mass is 295 g/mol. The molecule has 0 unspecified atom stereocenters. The van der Waals surface area contributed by atoms with E-state index in [-0.39, 0.29) is 6.42 Å². The minimum absolute atomic E-state index is 0.000563. The molecule has 0 spiro atoms. The van der Waals surface area contributed by atoms with Crippen LogP contribution in [0, 0.1) is 0 Å². The molecule has 0 aliphatic carbocycles. The first-order chi connectivity index (χ1) is 10.7. The molecule has 22 heavy (non-hydrogen) atoms. The number of hydrogen-bond acceptors (Lipinski definition) is 3. The van der Waals surface area contributed by atoms with Gasteiger partial charge in [-0.25, -0.2) is 0 Å². The van der Waals surface area contributed by atoms with Crippen LogP contribution in [0.5, 0.6) is 5.75 Å². The Labute approximate surface area is 129 Å². The van der Waals surface area contributed by atoms with E-state index < -0.39 is 5.97 Å². The zero-order chi connectivity index (χ0) is 15.8. The highest BCUT2D eigenvalue weighted by Gasteiger charge is 2.04. The van der Waals surface area contributed by atoms with Gasteiger partial charge < -0.3 is 9.84 Å². The van der Waals surface area contributed by atoms with Gasteiger partial charge in [-0.1, -0.05) is 36.4 Å². The lowest BCUT2D eigenvalue weighted by atomic mass is 9.98. The second kappa shape index (κ2) is 7.78. The van der Waals surface area contributed by atoms with Crippen LogP contribution in [0.2, 0.25) is 0 Å². The Morgan fingerprint density at radius 3 is 2.59 bits per heavy atom. The molecule has 2 rings (SSSR count). The molecule has 1 aromatic carbocycles. The third-order valence-electron chi connectivity index (χ3n) is 3.07. The van der Waals surface area contributed by atoms with Crippen molar-refractivity contribution in [1.82, 2.24) is 4.98 Å². The van der Waals surface area contributed by atoms with Crippen LogP contribution in [0.3, 0.4) is 0 Å². The normalized spacial score (nSPS) is 11.6. The molecule has 0 aliphatic heterocycles. The number of hydrogen-bond donors (Lipinski definition) is 1. The molecule has 4 nitrogen and oxygen atoms in total. The third-order valence-corrected chi connectivity index (χ3v) is 3.07. The maximum atomic E-state index is 10.6. The van der Waals surface area contributed by atoms with Crippen LogP contribution in [0.15, 0.2) is 67.0 Å². The molecular weight excluding hydrogens is 278 g/mol. The predicted molar refractivity (Wildman–Crippen MR) is 85.7 cm³/mol. The Hall–Kier alpha value is -2.88. The van der Waals surface area contributed by atoms with Gasteiger partial charge in [0.1, 0.15) is 5.75 Å². The van der Waals surface area contributed by atoms with Gasteiger partial charge in [0.25, 0.3) is 0 Å². The summed E-state index contributed by atoms with van der Waals surface area (Å²) >= 11 is 0. The molecule has 0 saturated carbocycles. The van der Waals surface area contributed by atoms with E-state index in [0.717, 1.165) is 22.4 Å². The van der Waals surface area contributed by atoms with Crippen molar-refractivity contribution < 1.29 is 14.6 Å². The number of ether oxygens (including phenoxy) is 1. The smallest absolute Gasteiger partial charge is 0.307 e. The summed E-state index contributed by atoms with van der Waals surface area (Å²) in [6, 6.07) is 11.5. The van der Waals surface area contributed by atoms with E-state index in [1.54, 1.807) is 31.7 Å². The summed E-state index contributed by atoms with van der Waals surface area (Å²) in [5.41, 5.74) is 2.94. The van der Waals surface area contributed by atoms with Crippen molar-refractivity contribution >= 4 is 11.5 Å². The van der Waals surface area contributed by atoms with Gasteiger partial charge in [-0.05, 0) is 29.3 Å². The minimum atomic E-state index is -0.850. The van der Waals surface area contributed by atoms with Gasteiger partial charge in [-0.2, -0.15) is 0 Å². The first kappa shape index (κ1) is 15.5. The molecular formula is C18H17NO3. The van der Waals surface area contributed by atoms with Crippen molar-refractivity contribution in [1.29, 1.82) is 0 Å². The quantitative estimate of drug-likeness (QED) is 0.828. The second-order valence-electron chi connectivity index (χ2n) is 4.58. The Morgan fingerprint density at radius 1 is 1.23 bits per heavy atom. The van der Waals surface area contributed by atoms with Crippen LogP contribution in [0.25, 0.3) is 5.57 Å². The summed E-state index contributed by atoms with van der Waals surface area (Å²) in [6.45, 7) is 0. The van der Waals surface area contributed by atoms with Gasteiger partial charge in [0.2, 0.25) is 0 Å². The lowest BCUT2D eigenvalue weighted by Gasteiger charge is -2.08. The number of nitrogens with zero attached hydrogens (tertiary/aromatic N) is 1. The number of pyridine rings is 1. The molecule has 0 bridgehead atoms. The van der Waals surface area contributed by atoms with Crippen LogP contribution in [0.1, 0.15) is 17.5 Å². The third kappa shape index (κ3) is 4.31. The molecule has 0 atom stereocenters. The number of methoxy groups -OCH3 is 1. The van der Waals surface area contributed by atoms with Gasteiger partial charge in [0, 0.05) is 18.0 Å².